The maximum absolute atomic E-state index is 11.9. The van der Waals surface area contributed by atoms with E-state index in [0.717, 1.165) is 0 Å². The summed E-state index contributed by atoms with van der Waals surface area (Å²) in [5.41, 5.74) is 3.50. The van der Waals surface area contributed by atoms with Crippen LogP contribution in [0.2, 0.25) is 37.8 Å². The summed E-state index contributed by atoms with van der Waals surface area (Å²) in [6.07, 6.45) is 4.77. The molecule has 0 aliphatic heterocycles. The maximum atomic E-state index is 11.9. The van der Waals surface area contributed by atoms with Gasteiger partial charge in [-0.25, -0.2) is 0 Å². The topological polar surface area (TPSA) is 29.5 Å². The molecule has 3 atom stereocenters. The quantitative estimate of drug-likeness (QED) is 0.313. The highest BCUT2D eigenvalue weighted by Crippen LogP contribution is 2.38. The molecule has 0 fully saturated rings. The third-order valence-electron chi connectivity index (χ3n) is 5.03. The predicted molar refractivity (Wildman–Crippen MR) is 124 cm³/mol. The summed E-state index contributed by atoms with van der Waals surface area (Å²) in [6.45, 7) is 22.4. The number of amides is 1. The molecule has 0 bridgehead atoms. The van der Waals surface area contributed by atoms with E-state index in [2.05, 4.69) is 91.0 Å². The first-order valence-corrected chi connectivity index (χ1v) is 16.5. The summed E-state index contributed by atoms with van der Waals surface area (Å²) in [7, 11) is 0.232. The summed E-state index contributed by atoms with van der Waals surface area (Å²) in [5.74, 6) is 4.03. The Bertz CT molecular complexity index is 572. The molecule has 0 aromatic carbocycles. The van der Waals surface area contributed by atoms with Crippen LogP contribution in [-0.4, -0.2) is 47.4 Å². The van der Waals surface area contributed by atoms with Gasteiger partial charge in [-0.3, -0.25) is 4.79 Å². The second-order valence-corrected chi connectivity index (χ2v) is 20.0. The lowest BCUT2D eigenvalue weighted by Crippen LogP contribution is -2.45. The van der Waals surface area contributed by atoms with E-state index >= 15 is 0 Å². The van der Waals surface area contributed by atoms with E-state index in [1.54, 1.807) is 19.0 Å². The number of carbonyl (C=O) groups excluding carboxylic acids is 1. The fraction of sp³-hybridized carbons (Fsp3) is 0.773. The van der Waals surface area contributed by atoms with E-state index in [4.69, 9.17) is 4.43 Å². The fourth-order valence-electron chi connectivity index (χ4n) is 2.04. The summed E-state index contributed by atoms with van der Waals surface area (Å²) >= 11 is 0. The second-order valence-electron chi connectivity index (χ2n) is 10.5. The van der Waals surface area contributed by atoms with Crippen LogP contribution in [0.25, 0.3) is 0 Å². The molecule has 0 saturated carbocycles. The number of nitrogens with zero attached hydrogens (tertiary/aromatic N) is 1. The van der Waals surface area contributed by atoms with Crippen molar-refractivity contribution in [1.82, 2.24) is 4.90 Å². The van der Waals surface area contributed by atoms with Crippen LogP contribution in [0.5, 0.6) is 0 Å². The molecule has 27 heavy (non-hydrogen) atoms. The Hall–Kier alpha value is -0.836. The summed E-state index contributed by atoms with van der Waals surface area (Å²) < 4.78 is 6.67. The minimum Gasteiger partial charge on any atom is -0.403 e. The van der Waals surface area contributed by atoms with Crippen molar-refractivity contribution in [2.75, 3.05) is 14.1 Å². The monoisotopic (exact) mass is 409 g/mol. The van der Waals surface area contributed by atoms with E-state index in [9.17, 15) is 4.79 Å². The number of allylic oxidation sites excluding steroid dienone is 1. The van der Waals surface area contributed by atoms with Crippen LogP contribution in [0.15, 0.2) is 12.2 Å². The zero-order valence-electron chi connectivity index (χ0n) is 19.9. The smallest absolute Gasteiger partial charge is 0.222 e. The summed E-state index contributed by atoms with van der Waals surface area (Å²) in [6, 6.07) is 0. The predicted octanol–water partition coefficient (Wildman–Crippen LogP) is 5.56. The third-order valence-corrected chi connectivity index (χ3v) is 10.4. The fourth-order valence-corrected chi connectivity index (χ4v) is 3.88. The maximum Gasteiger partial charge on any atom is 0.222 e. The molecule has 3 nitrogen and oxygen atoms in total. The van der Waals surface area contributed by atoms with Gasteiger partial charge < -0.3 is 9.33 Å². The van der Waals surface area contributed by atoms with Crippen LogP contribution in [0.1, 0.15) is 41.0 Å². The third kappa shape index (κ3) is 10.3. The molecule has 5 heteroatoms. The molecule has 0 aliphatic rings. The molecule has 0 aliphatic carbocycles. The van der Waals surface area contributed by atoms with Gasteiger partial charge in [0.1, 0.15) is 14.2 Å². The highest BCUT2D eigenvalue weighted by Gasteiger charge is 2.39. The van der Waals surface area contributed by atoms with Crippen LogP contribution in [0, 0.1) is 23.3 Å². The van der Waals surface area contributed by atoms with Gasteiger partial charge in [0.25, 0.3) is 0 Å². The van der Waals surface area contributed by atoms with Gasteiger partial charge in [-0.05, 0) is 24.1 Å². The number of rotatable bonds is 7. The SMILES string of the molecule is C[C@@H](/C=C/[C@H](C)[C@H](C#C[Si](C)(C)C)O[Si](C)(C)C(C)(C)C)CC(=O)N(C)C. The second kappa shape index (κ2) is 10.1. The standard InChI is InChI=1S/C22H43NO2Si2/c1-18(17-21(24)23(6)7)13-14-19(2)20(15-16-26(8,9)10)25-27(11,12)22(3,4)5/h13-14,18-20H,17H2,1-12H3/b14-13+/t18-,19-,20-/m0/s1. The first-order valence-electron chi connectivity index (χ1n) is 10.1. The van der Waals surface area contributed by atoms with Crippen LogP contribution in [0.4, 0.5) is 0 Å². The van der Waals surface area contributed by atoms with Crippen molar-refractivity contribution < 1.29 is 9.22 Å². The number of carbonyl (C=O) groups is 1. The Morgan fingerprint density at radius 2 is 1.59 bits per heavy atom. The minimum atomic E-state index is -1.91. The number of hydrogen-bond acceptors (Lipinski definition) is 2. The van der Waals surface area contributed by atoms with E-state index in [0.29, 0.717) is 6.42 Å². The Morgan fingerprint density at radius 1 is 1.07 bits per heavy atom. The Morgan fingerprint density at radius 3 is 2.00 bits per heavy atom. The molecule has 0 heterocycles. The van der Waals surface area contributed by atoms with Crippen molar-refractivity contribution in [3.05, 3.63) is 12.2 Å². The normalized spacial score (nSPS) is 16.4. The minimum absolute atomic E-state index is 0.0920. The van der Waals surface area contributed by atoms with Gasteiger partial charge in [0, 0.05) is 26.4 Å². The molecule has 0 aromatic heterocycles. The molecule has 0 spiro atoms. The molecule has 0 radical (unpaired) electrons. The lowest BCUT2D eigenvalue weighted by atomic mass is 10.0. The molecule has 0 aromatic rings. The highest BCUT2D eigenvalue weighted by atomic mass is 28.4. The molecule has 0 saturated heterocycles. The molecule has 0 rings (SSSR count). The summed E-state index contributed by atoms with van der Waals surface area (Å²) in [5, 5.41) is 0.154. The highest BCUT2D eigenvalue weighted by molar-refractivity contribution is 6.83. The zero-order chi connectivity index (χ0) is 21.6. The molecular formula is C22H43NO2Si2. The van der Waals surface area contributed by atoms with Crippen LogP contribution in [-0.2, 0) is 9.22 Å². The van der Waals surface area contributed by atoms with Gasteiger partial charge in [-0.15, -0.1) is 5.54 Å². The first kappa shape index (κ1) is 26.2. The van der Waals surface area contributed by atoms with Crippen molar-refractivity contribution in [2.45, 2.75) is 84.9 Å². The van der Waals surface area contributed by atoms with E-state index in [1.807, 2.05) is 0 Å². The van der Waals surface area contributed by atoms with Crippen LogP contribution < -0.4 is 0 Å². The van der Waals surface area contributed by atoms with E-state index in [-0.39, 0.29) is 28.9 Å². The van der Waals surface area contributed by atoms with Crippen molar-refractivity contribution in [1.29, 1.82) is 0 Å². The van der Waals surface area contributed by atoms with Gasteiger partial charge in [-0.2, -0.15) is 0 Å². The lowest BCUT2D eigenvalue weighted by molar-refractivity contribution is -0.129. The van der Waals surface area contributed by atoms with Crippen molar-refractivity contribution in [3.63, 3.8) is 0 Å². The Labute approximate surface area is 171 Å². The van der Waals surface area contributed by atoms with Gasteiger partial charge in [0.05, 0.1) is 0 Å². The largest absolute Gasteiger partial charge is 0.403 e. The number of hydrogen-bond donors (Lipinski definition) is 0. The Kier molecular flexibility index (Phi) is 9.78. The zero-order valence-corrected chi connectivity index (χ0v) is 21.9. The van der Waals surface area contributed by atoms with Crippen LogP contribution >= 0.6 is 0 Å². The average molecular weight is 410 g/mol. The van der Waals surface area contributed by atoms with Gasteiger partial charge >= 0.3 is 0 Å². The van der Waals surface area contributed by atoms with Gasteiger partial charge in [0.2, 0.25) is 5.91 Å². The average Bonchev–Trinajstić information content (AvgIpc) is 2.46. The molecule has 0 N–H and O–H groups in total. The lowest BCUT2D eigenvalue weighted by Gasteiger charge is -2.39. The molecular weight excluding hydrogens is 366 g/mol. The van der Waals surface area contributed by atoms with Crippen molar-refractivity contribution in [3.8, 4) is 11.5 Å². The van der Waals surface area contributed by atoms with Gasteiger partial charge in [0.15, 0.2) is 8.32 Å². The van der Waals surface area contributed by atoms with Crippen LogP contribution in [0.3, 0.4) is 0 Å². The molecule has 156 valence electrons. The first-order chi connectivity index (χ1) is 12.0. The van der Waals surface area contributed by atoms with Crippen molar-refractivity contribution in [2.24, 2.45) is 11.8 Å². The van der Waals surface area contributed by atoms with E-state index < -0.39 is 16.4 Å². The van der Waals surface area contributed by atoms with Crippen molar-refractivity contribution >= 4 is 22.3 Å². The Balaban J connectivity index is 5.40. The van der Waals surface area contributed by atoms with Gasteiger partial charge in [-0.1, -0.05) is 72.3 Å². The van der Waals surface area contributed by atoms with E-state index in [1.165, 1.54) is 0 Å². The molecule has 1 amide bonds. The summed E-state index contributed by atoms with van der Waals surface area (Å²) in [4.78, 5) is 13.5. The molecule has 0 unspecified atom stereocenters.